The predicted octanol–water partition coefficient (Wildman–Crippen LogP) is 3.04. The molecule has 114 valence electrons. The minimum atomic E-state index is 0.650. The lowest BCUT2D eigenvalue weighted by molar-refractivity contribution is 0.210. The van der Waals surface area contributed by atoms with Gasteiger partial charge in [0.1, 0.15) is 5.82 Å². The topological polar surface area (TPSA) is 46.2 Å². The molecule has 0 atom stereocenters. The summed E-state index contributed by atoms with van der Waals surface area (Å²) in [5.41, 5.74) is 2.31. The number of fused-ring (bicyclic) bond motifs is 1. The second-order valence-electron chi connectivity index (χ2n) is 5.63. The number of hydrogen-bond acceptors (Lipinski definition) is 4. The number of anilines is 1. The van der Waals surface area contributed by atoms with Crippen molar-refractivity contribution in [2.45, 2.75) is 20.4 Å². The number of methoxy groups -OCH3 is 1. The van der Waals surface area contributed by atoms with E-state index in [1.54, 1.807) is 7.11 Å². The van der Waals surface area contributed by atoms with Crippen LogP contribution in [0.1, 0.15) is 19.4 Å². The molecule has 0 spiro atoms. The van der Waals surface area contributed by atoms with E-state index < -0.39 is 0 Å². The first-order valence-corrected chi connectivity index (χ1v) is 7.53. The molecule has 4 nitrogen and oxygen atoms in total. The Bertz CT molecular complexity index is 569. The van der Waals surface area contributed by atoms with Crippen molar-refractivity contribution >= 4 is 16.7 Å². The summed E-state index contributed by atoms with van der Waals surface area (Å²) in [5.74, 6) is 1.56. The molecule has 0 radical (unpaired) electrons. The molecule has 0 bridgehead atoms. The lowest BCUT2D eigenvalue weighted by Gasteiger charge is -2.13. The largest absolute Gasteiger partial charge is 0.383 e. The van der Waals surface area contributed by atoms with Gasteiger partial charge >= 0.3 is 0 Å². The lowest BCUT2D eigenvalue weighted by atomic mass is 10.1. The van der Waals surface area contributed by atoms with Gasteiger partial charge in [0.2, 0.25) is 0 Å². The monoisotopic (exact) mass is 287 g/mol. The smallest absolute Gasteiger partial charge is 0.127 e. The van der Waals surface area contributed by atoms with Crippen LogP contribution in [-0.4, -0.2) is 31.8 Å². The normalized spacial score (nSPS) is 11.2. The molecule has 1 aromatic heterocycles. The first kappa shape index (κ1) is 15.7. The molecular formula is C17H25N3O. The maximum absolute atomic E-state index is 5.07. The Kier molecular flexibility index (Phi) is 5.96. The average molecular weight is 287 g/mol. The van der Waals surface area contributed by atoms with Gasteiger partial charge in [-0.05, 0) is 30.2 Å². The maximum atomic E-state index is 5.07. The Labute approximate surface area is 126 Å². The molecule has 0 saturated carbocycles. The average Bonchev–Trinajstić information content (AvgIpc) is 2.47. The number of aromatic nitrogens is 1. The van der Waals surface area contributed by atoms with Gasteiger partial charge in [-0.2, -0.15) is 0 Å². The molecule has 1 heterocycles. The van der Waals surface area contributed by atoms with Gasteiger partial charge in [-0.3, -0.25) is 0 Å². The van der Waals surface area contributed by atoms with Crippen molar-refractivity contribution in [3.8, 4) is 0 Å². The van der Waals surface area contributed by atoms with E-state index in [4.69, 9.17) is 4.74 Å². The SMILES string of the molecule is COCCNc1cc(CNCC(C)C)c2ccccc2n1. The Balaban J connectivity index is 2.18. The fraction of sp³-hybridized carbons (Fsp3) is 0.471. The molecule has 0 saturated heterocycles. The van der Waals surface area contributed by atoms with Crippen LogP contribution in [0.2, 0.25) is 0 Å². The van der Waals surface area contributed by atoms with Crippen LogP contribution in [-0.2, 0) is 11.3 Å². The fourth-order valence-corrected chi connectivity index (χ4v) is 2.26. The first-order chi connectivity index (χ1) is 10.2. The molecular weight excluding hydrogens is 262 g/mol. The third kappa shape index (κ3) is 4.69. The van der Waals surface area contributed by atoms with Crippen molar-refractivity contribution in [3.05, 3.63) is 35.9 Å². The van der Waals surface area contributed by atoms with Gasteiger partial charge in [0.15, 0.2) is 0 Å². The zero-order valence-corrected chi connectivity index (χ0v) is 13.1. The predicted molar refractivity (Wildman–Crippen MR) is 88.7 cm³/mol. The van der Waals surface area contributed by atoms with Gasteiger partial charge in [0, 0.05) is 25.6 Å². The van der Waals surface area contributed by atoms with Gasteiger partial charge < -0.3 is 15.4 Å². The quantitative estimate of drug-likeness (QED) is 0.733. The van der Waals surface area contributed by atoms with Crippen LogP contribution in [0, 0.1) is 5.92 Å². The number of rotatable bonds is 8. The molecule has 4 heteroatoms. The summed E-state index contributed by atoms with van der Waals surface area (Å²) in [6.45, 7) is 7.75. The number of hydrogen-bond donors (Lipinski definition) is 2. The summed E-state index contributed by atoms with van der Waals surface area (Å²) in [4.78, 5) is 4.66. The Morgan fingerprint density at radius 2 is 2.05 bits per heavy atom. The molecule has 0 unspecified atom stereocenters. The molecule has 2 aromatic rings. The summed E-state index contributed by atoms with van der Waals surface area (Å²) in [6.07, 6.45) is 0. The molecule has 2 rings (SSSR count). The molecule has 2 N–H and O–H groups in total. The number of nitrogens with one attached hydrogen (secondary N) is 2. The van der Waals surface area contributed by atoms with Crippen molar-refractivity contribution in [1.82, 2.24) is 10.3 Å². The van der Waals surface area contributed by atoms with Crippen LogP contribution >= 0.6 is 0 Å². The van der Waals surface area contributed by atoms with Crippen LogP contribution < -0.4 is 10.6 Å². The van der Waals surface area contributed by atoms with E-state index >= 15 is 0 Å². The highest BCUT2D eigenvalue weighted by Gasteiger charge is 2.05. The van der Waals surface area contributed by atoms with Gasteiger partial charge in [0.05, 0.1) is 12.1 Å². The summed E-state index contributed by atoms with van der Waals surface area (Å²) in [7, 11) is 1.71. The highest BCUT2D eigenvalue weighted by Crippen LogP contribution is 2.20. The molecule has 0 aliphatic rings. The van der Waals surface area contributed by atoms with E-state index in [0.717, 1.165) is 31.0 Å². The molecule has 0 fully saturated rings. The van der Waals surface area contributed by atoms with E-state index in [1.807, 2.05) is 6.07 Å². The summed E-state index contributed by atoms with van der Waals surface area (Å²) >= 11 is 0. The van der Waals surface area contributed by atoms with Gasteiger partial charge in [-0.1, -0.05) is 32.0 Å². The standard InChI is InChI=1S/C17H25N3O/c1-13(2)11-18-12-14-10-17(19-8-9-21-3)20-16-7-5-4-6-15(14)16/h4-7,10,13,18H,8-9,11-12H2,1-3H3,(H,19,20). The van der Waals surface area contributed by atoms with Crippen molar-refractivity contribution in [2.75, 3.05) is 32.1 Å². The van der Waals surface area contributed by atoms with E-state index in [9.17, 15) is 0 Å². The maximum Gasteiger partial charge on any atom is 0.127 e. The Morgan fingerprint density at radius 1 is 1.24 bits per heavy atom. The number of benzene rings is 1. The molecule has 0 amide bonds. The Hall–Kier alpha value is -1.65. The van der Waals surface area contributed by atoms with Crippen LogP contribution in [0.3, 0.4) is 0 Å². The Morgan fingerprint density at radius 3 is 2.81 bits per heavy atom. The van der Waals surface area contributed by atoms with Crippen LogP contribution in [0.5, 0.6) is 0 Å². The first-order valence-electron chi connectivity index (χ1n) is 7.53. The molecule has 1 aromatic carbocycles. The molecule has 21 heavy (non-hydrogen) atoms. The van der Waals surface area contributed by atoms with Gasteiger partial charge in [0.25, 0.3) is 0 Å². The minimum absolute atomic E-state index is 0.650. The summed E-state index contributed by atoms with van der Waals surface area (Å²) in [5, 5.41) is 8.03. The van der Waals surface area contributed by atoms with Crippen LogP contribution in [0.25, 0.3) is 10.9 Å². The van der Waals surface area contributed by atoms with E-state index in [1.165, 1.54) is 10.9 Å². The zero-order valence-electron chi connectivity index (χ0n) is 13.1. The molecule has 0 aliphatic heterocycles. The summed E-state index contributed by atoms with van der Waals surface area (Å²) < 4.78 is 5.07. The zero-order chi connectivity index (χ0) is 15.1. The third-order valence-corrected chi connectivity index (χ3v) is 3.28. The second kappa shape index (κ2) is 7.96. The van der Waals surface area contributed by atoms with Crippen molar-refractivity contribution < 1.29 is 4.74 Å². The number of ether oxygens (including phenoxy) is 1. The van der Waals surface area contributed by atoms with E-state index in [-0.39, 0.29) is 0 Å². The third-order valence-electron chi connectivity index (χ3n) is 3.28. The van der Waals surface area contributed by atoms with Crippen LogP contribution in [0.15, 0.2) is 30.3 Å². The fourth-order valence-electron chi connectivity index (χ4n) is 2.26. The number of nitrogens with zero attached hydrogens (tertiary/aromatic N) is 1. The summed E-state index contributed by atoms with van der Waals surface area (Å²) in [6, 6.07) is 10.4. The minimum Gasteiger partial charge on any atom is -0.383 e. The highest BCUT2D eigenvalue weighted by molar-refractivity contribution is 5.84. The highest BCUT2D eigenvalue weighted by atomic mass is 16.5. The van der Waals surface area contributed by atoms with Crippen molar-refractivity contribution in [1.29, 1.82) is 0 Å². The van der Waals surface area contributed by atoms with Crippen LogP contribution in [0.4, 0.5) is 5.82 Å². The van der Waals surface area contributed by atoms with Crippen molar-refractivity contribution in [3.63, 3.8) is 0 Å². The number of para-hydroxylation sites is 1. The van der Waals surface area contributed by atoms with Crippen molar-refractivity contribution in [2.24, 2.45) is 5.92 Å². The lowest BCUT2D eigenvalue weighted by Crippen LogP contribution is -2.19. The van der Waals surface area contributed by atoms with Gasteiger partial charge in [-0.15, -0.1) is 0 Å². The number of pyridine rings is 1. The molecule has 0 aliphatic carbocycles. The van der Waals surface area contributed by atoms with E-state index in [2.05, 4.69) is 53.7 Å². The van der Waals surface area contributed by atoms with E-state index in [0.29, 0.717) is 12.5 Å². The second-order valence-corrected chi connectivity index (χ2v) is 5.63. The van der Waals surface area contributed by atoms with Gasteiger partial charge in [-0.25, -0.2) is 4.98 Å².